The van der Waals surface area contributed by atoms with Crippen molar-refractivity contribution in [2.24, 2.45) is 0 Å². The summed E-state index contributed by atoms with van der Waals surface area (Å²) in [6.45, 7) is 1.95. The molecule has 0 aliphatic carbocycles. The summed E-state index contributed by atoms with van der Waals surface area (Å²) >= 11 is 0. The molecule has 0 saturated heterocycles. The van der Waals surface area contributed by atoms with Crippen LogP contribution in [0.3, 0.4) is 0 Å². The third-order valence-corrected chi connectivity index (χ3v) is 4.87. The van der Waals surface area contributed by atoms with Gasteiger partial charge in [-0.05, 0) is 30.7 Å². The number of nitrogens with one attached hydrogen (secondary N) is 3. The Kier molecular flexibility index (Phi) is 3.90. The van der Waals surface area contributed by atoms with Crippen LogP contribution in [0.15, 0.2) is 34.0 Å². The van der Waals surface area contributed by atoms with Crippen molar-refractivity contribution >= 4 is 21.3 Å². The first-order valence-corrected chi connectivity index (χ1v) is 8.92. The van der Waals surface area contributed by atoms with Gasteiger partial charge in [0.25, 0.3) is 5.56 Å². The first-order chi connectivity index (χ1) is 11.3. The van der Waals surface area contributed by atoms with E-state index in [0.29, 0.717) is 29.0 Å². The zero-order chi connectivity index (χ0) is 17.5. The third kappa shape index (κ3) is 2.79. The van der Waals surface area contributed by atoms with Crippen molar-refractivity contribution in [2.75, 3.05) is 12.9 Å². The summed E-state index contributed by atoms with van der Waals surface area (Å²) in [7, 11) is -3.51. The fourth-order valence-electron chi connectivity index (χ4n) is 2.62. The van der Waals surface area contributed by atoms with Gasteiger partial charge in [-0.15, -0.1) is 0 Å². The number of hydrogen-bond acceptors (Lipinski definition) is 6. The quantitative estimate of drug-likeness (QED) is 0.692. The standard InChI is InChI=1S/C15H15N3O5S/c1-8-9(15(20)11-7-13(19)17-16-11)3-4-12(24(2,21)22)14(8)10-5-6-23-18-10/h3-5,7,18H,6H2,1-2H3,(H2,16,17,19). The van der Waals surface area contributed by atoms with E-state index in [0.717, 1.165) is 12.3 Å². The lowest BCUT2D eigenvalue weighted by Crippen LogP contribution is -2.14. The topological polar surface area (TPSA) is 121 Å². The molecule has 1 aliphatic rings. The first-order valence-electron chi connectivity index (χ1n) is 7.03. The number of carbonyl (C=O) groups excluding carboxylic acids is 1. The maximum Gasteiger partial charge on any atom is 0.264 e. The van der Waals surface area contributed by atoms with Gasteiger partial charge >= 0.3 is 0 Å². The van der Waals surface area contributed by atoms with Crippen molar-refractivity contribution in [3.05, 3.63) is 57.0 Å². The second-order valence-electron chi connectivity index (χ2n) is 5.42. The zero-order valence-corrected chi connectivity index (χ0v) is 13.8. The predicted octanol–water partition coefficient (Wildman–Crippen LogP) is 0.522. The molecule has 2 aromatic rings. The van der Waals surface area contributed by atoms with Crippen molar-refractivity contribution in [3.8, 4) is 0 Å². The van der Waals surface area contributed by atoms with Crippen LogP contribution in [0, 0.1) is 6.92 Å². The second-order valence-corrected chi connectivity index (χ2v) is 7.40. The molecule has 0 spiro atoms. The molecule has 3 N–H and O–H groups in total. The maximum atomic E-state index is 12.6. The minimum absolute atomic E-state index is 0.100. The molecule has 0 atom stereocenters. The SMILES string of the molecule is Cc1c(C(=O)c2cc(=O)[nH][nH]2)ccc(S(C)(=O)=O)c1C1=CCON1. The lowest BCUT2D eigenvalue weighted by atomic mass is 9.96. The van der Waals surface area contributed by atoms with Crippen LogP contribution in [0.5, 0.6) is 0 Å². The molecule has 0 bridgehead atoms. The minimum Gasteiger partial charge on any atom is -0.294 e. The van der Waals surface area contributed by atoms with E-state index >= 15 is 0 Å². The Morgan fingerprint density at radius 2 is 2.00 bits per heavy atom. The molecular formula is C15H15N3O5S. The summed E-state index contributed by atoms with van der Waals surface area (Å²) in [5, 5.41) is 4.81. The van der Waals surface area contributed by atoms with Crippen LogP contribution in [0.4, 0.5) is 0 Å². The number of benzene rings is 1. The Bertz CT molecular complexity index is 1010. The van der Waals surface area contributed by atoms with Gasteiger partial charge in [-0.3, -0.25) is 30.1 Å². The summed E-state index contributed by atoms with van der Waals surface area (Å²) in [5.74, 6) is -0.410. The lowest BCUT2D eigenvalue weighted by Gasteiger charge is -2.15. The van der Waals surface area contributed by atoms with Gasteiger partial charge in [0.15, 0.2) is 9.84 Å². The second kappa shape index (κ2) is 5.77. The smallest absolute Gasteiger partial charge is 0.264 e. The van der Waals surface area contributed by atoms with Crippen LogP contribution < -0.4 is 11.0 Å². The van der Waals surface area contributed by atoms with Crippen LogP contribution in [0.25, 0.3) is 5.70 Å². The van der Waals surface area contributed by atoms with Gasteiger partial charge in [0.05, 0.1) is 17.2 Å². The number of carbonyl (C=O) groups is 1. The number of hydrogen-bond donors (Lipinski definition) is 3. The molecule has 1 aromatic carbocycles. The third-order valence-electron chi connectivity index (χ3n) is 3.73. The van der Waals surface area contributed by atoms with E-state index in [-0.39, 0.29) is 10.6 Å². The summed E-state index contributed by atoms with van der Waals surface area (Å²) in [6, 6.07) is 3.98. The van der Waals surface area contributed by atoms with Crippen LogP contribution in [-0.2, 0) is 14.7 Å². The number of sulfone groups is 1. The van der Waals surface area contributed by atoms with Gasteiger partial charge < -0.3 is 0 Å². The molecule has 126 valence electrons. The Morgan fingerprint density at radius 1 is 1.25 bits per heavy atom. The maximum absolute atomic E-state index is 12.6. The van der Waals surface area contributed by atoms with Crippen LogP contribution in [0.2, 0.25) is 0 Å². The average molecular weight is 349 g/mol. The number of ketones is 1. The van der Waals surface area contributed by atoms with Crippen molar-refractivity contribution in [1.82, 2.24) is 15.7 Å². The molecule has 0 amide bonds. The molecule has 2 heterocycles. The molecule has 0 fully saturated rings. The number of rotatable bonds is 4. The highest BCUT2D eigenvalue weighted by molar-refractivity contribution is 7.90. The summed E-state index contributed by atoms with van der Waals surface area (Å²) in [5.41, 5.74) is 3.99. The van der Waals surface area contributed by atoms with Crippen LogP contribution in [-0.4, -0.2) is 37.3 Å². The molecule has 0 unspecified atom stereocenters. The fraction of sp³-hybridized carbons (Fsp3) is 0.200. The molecule has 24 heavy (non-hydrogen) atoms. The van der Waals surface area contributed by atoms with E-state index in [1.54, 1.807) is 13.0 Å². The van der Waals surface area contributed by atoms with E-state index in [2.05, 4.69) is 15.7 Å². The Morgan fingerprint density at radius 3 is 2.54 bits per heavy atom. The number of hydroxylamine groups is 1. The predicted molar refractivity (Wildman–Crippen MR) is 86.2 cm³/mol. The van der Waals surface area contributed by atoms with E-state index in [4.69, 9.17) is 4.84 Å². The highest BCUT2D eigenvalue weighted by Crippen LogP contribution is 2.30. The molecule has 9 heteroatoms. The molecule has 1 aliphatic heterocycles. The van der Waals surface area contributed by atoms with Crippen molar-refractivity contribution in [2.45, 2.75) is 11.8 Å². The van der Waals surface area contributed by atoms with Crippen LogP contribution in [0.1, 0.15) is 27.2 Å². The molecule has 8 nitrogen and oxygen atoms in total. The number of H-pyrrole nitrogens is 2. The molecule has 0 radical (unpaired) electrons. The monoisotopic (exact) mass is 349 g/mol. The van der Waals surface area contributed by atoms with E-state index in [1.807, 2.05) is 0 Å². The number of aromatic amines is 2. The molecule has 0 saturated carbocycles. The van der Waals surface area contributed by atoms with Crippen LogP contribution >= 0.6 is 0 Å². The molecule has 1 aromatic heterocycles. The number of aromatic nitrogens is 2. The van der Waals surface area contributed by atoms with Crippen molar-refractivity contribution in [1.29, 1.82) is 0 Å². The van der Waals surface area contributed by atoms with Gasteiger partial charge in [0.2, 0.25) is 5.78 Å². The largest absolute Gasteiger partial charge is 0.294 e. The van der Waals surface area contributed by atoms with Gasteiger partial charge in [0, 0.05) is 23.4 Å². The van der Waals surface area contributed by atoms with Gasteiger partial charge in [-0.25, -0.2) is 8.42 Å². The van der Waals surface area contributed by atoms with Gasteiger partial charge in [0.1, 0.15) is 5.69 Å². The van der Waals surface area contributed by atoms with Gasteiger partial charge in [-0.1, -0.05) is 0 Å². The lowest BCUT2D eigenvalue weighted by molar-refractivity contribution is 0.103. The minimum atomic E-state index is -3.51. The van der Waals surface area contributed by atoms with E-state index < -0.39 is 21.2 Å². The highest BCUT2D eigenvalue weighted by Gasteiger charge is 2.25. The van der Waals surface area contributed by atoms with Gasteiger partial charge in [-0.2, -0.15) is 0 Å². The Balaban J connectivity index is 2.21. The molecular weight excluding hydrogens is 334 g/mol. The summed E-state index contributed by atoms with van der Waals surface area (Å²) < 4.78 is 24.2. The highest BCUT2D eigenvalue weighted by atomic mass is 32.2. The Hall–Kier alpha value is -2.65. The summed E-state index contributed by atoms with van der Waals surface area (Å²) in [6.07, 6.45) is 2.80. The normalized spacial score (nSPS) is 14.3. The zero-order valence-electron chi connectivity index (χ0n) is 13.0. The summed E-state index contributed by atoms with van der Waals surface area (Å²) in [4.78, 5) is 29.0. The van der Waals surface area contributed by atoms with E-state index in [1.165, 1.54) is 12.1 Å². The fourth-order valence-corrected chi connectivity index (χ4v) is 3.56. The van der Waals surface area contributed by atoms with Crippen molar-refractivity contribution < 1.29 is 18.0 Å². The first kappa shape index (κ1) is 16.2. The van der Waals surface area contributed by atoms with Crippen molar-refractivity contribution in [3.63, 3.8) is 0 Å². The average Bonchev–Trinajstić information content (AvgIpc) is 3.16. The molecule has 3 rings (SSSR count). The Labute approximate surface area is 137 Å². The van der Waals surface area contributed by atoms with E-state index in [9.17, 15) is 18.0 Å².